The molecule has 0 fully saturated rings. The van der Waals surface area contributed by atoms with Gasteiger partial charge in [-0.05, 0) is 84.9 Å². The lowest BCUT2D eigenvalue weighted by molar-refractivity contribution is 0.615. The van der Waals surface area contributed by atoms with E-state index in [1.807, 2.05) is 36.4 Å². The van der Waals surface area contributed by atoms with Crippen molar-refractivity contribution in [3.63, 3.8) is 0 Å². The van der Waals surface area contributed by atoms with E-state index in [0.717, 1.165) is 32.0 Å². The quantitative estimate of drug-likeness (QED) is 0.272. The summed E-state index contributed by atoms with van der Waals surface area (Å²) in [5.41, 5.74) is 4.20. The summed E-state index contributed by atoms with van der Waals surface area (Å²) in [5, 5.41) is 0. The van der Waals surface area contributed by atoms with Crippen molar-refractivity contribution < 1.29 is 17.6 Å². The molecule has 0 atom stereocenters. The molecule has 6 aromatic rings. The highest BCUT2D eigenvalue weighted by Crippen LogP contribution is 2.34. The summed E-state index contributed by atoms with van der Waals surface area (Å²) >= 11 is 1.56. The standard InChI is InChI=1S/C26H14F2N2O2S/c27-17-5-1-15(2-6-17)25-29-21-11-9-19(13-23(21)31-25)33-20-10-12-22-24(14-20)32-26(30-22)16-3-7-18(28)8-4-16/h1-14H. The van der Waals surface area contributed by atoms with Crippen LogP contribution in [0.5, 0.6) is 0 Å². The number of oxazole rings is 2. The summed E-state index contributed by atoms with van der Waals surface area (Å²) in [7, 11) is 0. The zero-order valence-corrected chi connectivity index (χ0v) is 17.8. The zero-order valence-electron chi connectivity index (χ0n) is 17.0. The van der Waals surface area contributed by atoms with Crippen LogP contribution < -0.4 is 0 Å². The van der Waals surface area contributed by atoms with Crippen molar-refractivity contribution in [2.75, 3.05) is 0 Å². The molecule has 7 heteroatoms. The fourth-order valence-electron chi connectivity index (χ4n) is 3.50. The molecule has 0 spiro atoms. The molecule has 4 aromatic carbocycles. The molecule has 0 N–H and O–H groups in total. The molecule has 0 saturated heterocycles. The molecule has 0 unspecified atom stereocenters. The van der Waals surface area contributed by atoms with Crippen molar-refractivity contribution in [3.05, 3.63) is 96.6 Å². The van der Waals surface area contributed by atoms with E-state index in [4.69, 9.17) is 8.83 Å². The maximum Gasteiger partial charge on any atom is 0.227 e. The van der Waals surface area contributed by atoms with Gasteiger partial charge in [0.25, 0.3) is 0 Å². The van der Waals surface area contributed by atoms with Gasteiger partial charge >= 0.3 is 0 Å². The maximum absolute atomic E-state index is 13.2. The third-order valence-electron chi connectivity index (χ3n) is 5.14. The normalized spacial score (nSPS) is 11.5. The van der Waals surface area contributed by atoms with Crippen molar-refractivity contribution in [2.45, 2.75) is 9.79 Å². The maximum atomic E-state index is 13.2. The second-order valence-electron chi connectivity index (χ2n) is 7.41. The number of nitrogens with zero attached hydrogens (tertiary/aromatic N) is 2. The molecule has 0 radical (unpaired) electrons. The smallest absolute Gasteiger partial charge is 0.227 e. The minimum absolute atomic E-state index is 0.304. The van der Waals surface area contributed by atoms with Gasteiger partial charge in [-0.1, -0.05) is 11.8 Å². The Morgan fingerprint density at radius 3 is 1.39 bits per heavy atom. The topological polar surface area (TPSA) is 52.1 Å². The molecule has 2 heterocycles. The zero-order chi connectivity index (χ0) is 22.4. The van der Waals surface area contributed by atoms with Gasteiger partial charge in [-0.3, -0.25) is 0 Å². The minimum Gasteiger partial charge on any atom is -0.436 e. The van der Waals surface area contributed by atoms with E-state index >= 15 is 0 Å². The first-order chi connectivity index (χ1) is 16.1. The highest BCUT2D eigenvalue weighted by Gasteiger charge is 2.12. The first-order valence-corrected chi connectivity index (χ1v) is 10.9. The predicted octanol–water partition coefficient (Wildman–Crippen LogP) is 7.73. The lowest BCUT2D eigenvalue weighted by atomic mass is 10.2. The Morgan fingerprint density at radius 1 is 0.545 bits per heavy atom. The first-order valence-electron chi connectivity index (χ1n) is 10.1. The Hall–Kier alpha value is -3.97. The molecule has 2 aromatic heterocycles. The average molecular weight is 456 g/mol. The van der Waals surface area contributed by atoms with E-state index in [9.17, 15) is 8.78 Å². The number of rotatable bonds is 4. The molecule has 0 aliphatic rings. The molecule has 6 rings (SSSR count). The third-order valence-corrected chi connectivity index (χ3v) is 6.12. The molecule has 0 aliphatic carbocycles. The lowest BCUT2D eigenvalue weighted by Gasteiger charge is -2.01. The lowest BCUT2D eigenvalue weighted by Crippen LogP contribution is -1.78. The molecule has 33 heavy (non-hydrogen) atoms. The van der Waals surface area contributed by atoms with Crippen LogP contribution in [0.2, 0.25) is 0 Å². The summed E-state index contributed by atoms with van der Waals surface area (Å²) in [6.07, 6.45) is 0. The van der Waals surface area contributed by atoms with Crippen LogP contribution in [-0.2, 0) is 0 Å². The fraction of sp³-hybridized carbons (Fsp3) is 0. The van der Waals surface area contributed by atoms with Gasteiger partial charge in [-0.15, -0.1) is 0 Å². The number of fused-ring (bicyclic) bond motifs is 2. The molecule has 0 aliphatic heterocycles. The van der Waals surface area contributed by atoms with Gasteiger partial charge in [-0.2, -0.15) is 0 Å². The minimum atomic E-state index is -0.304. The fourth-order valence-corrected chi connectivity index (χ4v) is 4.38. The molecule has 4 nitrogen and oxygen atoms in total. The predicted molar refractivity (Wildman–Crippen MR) is 123 cm³/mol. The van der Waals surface area contributed by atoms with E-state index in [1.54, 1.807) is 36.0 Å². The Kier molecular flexibility index (Phi) is 4.69. The van der Waals surface area contributed by atoms with Crippen LogP contribution in [0.4, 0.5) is 8.78 Å². The molecule has 0 amide bonds. The van der Waals surface area contributed by atoms with E-state index in [0.29, 0.717) is 22.9 Å². The SMILES string of the molecule is Fc1ccc(-c2nc3ccc(Sc4ccc5nc(-c6ccc(F)cc6)oc5c4)cc3o2)cc1. The van der Waals surface area contributed by atoms with Crippen LogP contribution in [-0.4, -0.2) is 9.97 Å². The Bertz CT molecular complexity index is 1480. The Morgan fingerprint density at radius 2 is 0.970 bits per heavy atom. The van der Waals surface area contributed by atoms with Crippen molar-refractivity contribution in [1.29, 1.82) is 0 Å². The van der Waals surface area contributed by atoms with Gasteiger partial charge < -0.3 is 8.83 Å². The van der Waals surface area contributed by atoms with Crippen LogP contribution >= 0.6 is 11.8 Å². The Labute approximate surface area is 190 Å². The van der Waals surface area contributed by atoms with Crippen molar-refractivity contribution in [1.82, 2.24) is 9.97 Å². The largest absolute Gasteiger partial charge is 0.436 e. The van der Waals surface area contributed by atoms with Crippen molar-refractivity contribution >= 4 is 34.0 Å². The van der Waals surface area contributed by atoms with Crippen LogP contribution in [0.3, 0.4) is 0 Å². The van der Waals surface area contributed by atoms with E-state index < -0.39 is 0 Å². The van der Waals surface area contributed by atoms with Gasteiger partial charge in [-0.25, -0.2) is 18.7 Å². The van der Waals surface area contributed by atoms with Crippen molar-refractivity contribution in [3.8, 4) is 22.9 Å². The monoisotopic (exact) mass is 456 g/mol. The van der Waals surface area contributed by atoms with Gasteiger partial charge in [0.15, 0.2) is 11.2 Å². The first kappa shape index (κ1) is 19.7. The summed E-state index contributed by atoms with van der Waals surface area (Å²) in [4.78, 5) is 10.9. The summed E-state index contributed by atoms with van der Waals surface area (Å²) in [6, 6.07) is 23.7. The van der Waals surface area contributed by atoms with Crippen LogP contribution in [0, 0.1) is 11.6 Å². The average Bonchev–Trinajstić information content (AvgIpc) is 3.44. The number of benzene rings is 4. The van der Waals surface area contributed by atoms with Gasteiger partial charge in [0.05, 0.1) is 0 Å². The van der Waals surface area contributed by atoms with E-state index in [2.05, 4.69) is 9.97 Å². The summed E-state index contributed by atoms with van der Waals surface area (Å²) in [5.74, 6) is 0.288. The van der Waals surface area contributed by atoms with Crippen LogP contribution in [0.15, 0.2) is 104 Å². The molecule has 160 valence electrons. The highest BCUT2D eigenvalue weighted by molar-refractivity contribution is 7.99. The van der Waals surface area contributed by atoms with Gasteiger partial charge in [0, 0.05) is 20.9 Å². The summed E-state index contributed by atoms with van der Waals surface area (Å²) < 4.78 is 38.2. The van der Waals surface area contributed by atoms with Gasteiger partial charge in [0.1, 0.15) is 22.7 Å². The molecule has 0 bridgehead atoms. The second-order valence-corrected chi connectivity index (χ2v) is 8.56. The second kappa shape index (κ2) is 7.86. The molecular formula is C26H14F2N2O2S. The van der Waals surface area contributed by atoms with E-state index in [-0.39, 0.29) is 11.6 Å². The van der Waals surface area contributed by atoms with Crippen LogP contribution in [0.25, 0.3) is 45.1 Å². The third kappa shape index (κ3) is 3.87. The number of hydrogen-bond acceptors (Lipinski definition) is 5. The number of hydrogen-bond donors (Lipinski definition) is 0. The van der Waals surface area contributed by atoms with Crippen LogP contribution in [0.1, 0.15) is 0 Å². The van der Waals surface area contributed by atoms with E-state index in [1.165, 1.54) is 24.3 Å². The molecule has 0 saturated carbocycles. The number of aromatic nitrogens is 2. The number of halogens is 2. The Balaban J connectivity index is 1.28. The summed E-state index contributed by atoms with van der Waals surface area (Å²) in [6.45, 7) is 0. The molecular weight excluding hydrogens is 442 g/mol. The van der Waals surface area contributed by atoms with Gasteiger partial charge in [0.2, 0.25) is 11.8 Å². The highest BCUT2D eigenvalue weighted by atomic mass is 32.2. The van der Waals surface area contributed by atoms with Crippen molar-refractivity contribution in [2.24, 2.45) is 0 Å².